The third-order valence-corrected chi connectivity index (χ3v) is 5.07. The van der Waals surface area contributed by atoms with Crippen LogP contribution in [0.25, 0.3) is 0 Å². The van der Waals surface area contributed by atoms with E-state index in [0.717, 1.165) is 17.5 Å². The van der Waals surface area contributed by atoms with Gasteiger partial charge >= 0.3 is 0 Å². The van der Waals surface area contributed by atoms with Gasteiger partial charge in [-0.05, 0) is 30.9 Å². The van der Waals surface area contributed by atoms with Crippen LogP contribution in [0.3, 0.4) is 0 Å². The van der Waals surface area contributed by atoms with Gasteiger partial charge < -0.3 is 0 Å². The van der Waals surface area contributed by atoms with Gasteiger partial charge in [0.1, 0.15) is 0 Å². The first-order valence-corrected chi connectivity index (χ1v) is 8.16. The van der Waals surface area contributed by atoms with Crippen molar-refractivity contribution in [2.24, 2.45) is 0 Å². The number of rotatable bonds is 7. The summed E-state index contributed by atoms with van der Waals surface area (Å²) in [4.78, 5) is 0. The molecule has 0 aliphatic rings. The second-order valence-electron chi connectivity index (χ2n) is 4.39. The topological polar surface area (TPSA) is 37.4 Å². The first-order chi connectivity index (χ1) is 8.47. The third kappa shape index (κ3) is 4.59. The molecule has 0 aromatic heterocycles. The highest BCUT2D eigenvalue weighted by atomic mass is 35.5. The van der Waals surface area contributed by atoms with Crippen LogP contribution in [0.15, 0.2) is 24.3 Å². The molecule has 0 aliphatic heterocycles. The molecule has 0 atom stereocenters. The summed E-state index contributed by atoms with van der Waals surface area (Å²) in [5.41, 5.74) is 2.15. The highest BCUT2D eigenvalue weighted by Gasteiger charge is 2.17. The molecule has 0 N–H and O–H groups in total. The van der Waals surface area contributed by atoms with E-state index in [9.17, 15) is 8.42 Å². The zero-order chi connectivity index (χ0) is 13.6. The maximum atomic E-state index is 12.0. The van der Waals surface area contributed by atoms with Crippen LogP contribution >= 0.6 is 11.6 Å². The Morgan fingerprint density at radius 1 is 1.22 bits per heavy atom. The van der Waals surface area contributed by atoms with Crippen LogP contribution in [0.5, 0.6) is 0 Å². The number of unbranched alkanes of at least 4 members (excludes halogenated alkanes) is 1. The Balaban J connectivity index is 2.64. The van der Waals surface area contributed by atoms with E-state index >= 15 is 0 Å². The first kappa shape index (κ1) is 15.5. The molecule has 1 aromatic rings. The molecule has 0 unspecified atom stereocenters. The SMILES string of the molecule is Cc1ccccc1CN(C)S(=O)(=O)CCCCCl. The molecular formula is C13H20ClNO2S. The fraction of sp³-hybridized carbons (Fsp3) is 0.538. The molecule has 0 fully saturated rings. The molecule has 0 bridgehead atoms. The molecule has 1 aromatic carbocycles. The second-order valence-corrected chi connectivity index (χ2v) is 6.97. The molecule has 0 radical (unpaired) electrons. The van der Waals surface area contributed by atoms with Crippen molar-refractivity contribution in [2.45, 2.75) is 26.3 Å². The van der Waals surface area contributed by atoms with Crippen molar-refractivity contribution < 1.29 is 8.42 Å². The maximum Gasteiger partial charge on any atom is 0.214 e. The minimum atomic E-state index is -3.17. The van der Waals surface area contributed by atoms with Crippen molar-refractivity contribution in [3.8, 4) is 0 Å². The largest absolute Gasteiger partial charge is 0.214 e. The van der Waals surface area contributed by atoms with Crippen LogP contribution in [0.1, 0.15) is 24.0 Å². The van der Waals surface area contributed by atoms with Gasteiger partial charge in [-0.1, -0.05) is 24.3 Å². The summed E-state index contributed by atoms with van der Waals surface area (Å²) in [6.45, 7) is 2.42. The van der Waals surface area contributed by atoms with Crippen molar-refractivity contribution >= 4 is 21.6 Å². The minimum Gasteiger partial charge on any atom is -0.212 e. The van der Waals surface area contributed by atoms with E-state index in [1.165, 1.54) is 4.31 Å². The predicted molar refractivity (Wildman–Crippen MR) is 76.4 cm³/mol. The Labute approximate surface area is 115 Å². The van der Waals surface area contributed by atoms with Crippen LogP contribution in [0, 0.1) is 6.92 Å². The van der Waals surface area contributed by atoms with E-state index in [2.05, 4.69) is 0 Å². The molecular weight excluding hydrogens is 270 g/mol. The van der Waals surface area contributed by atoms with Crippen molar-refractivity contribution in [2.75, 3.05) is 18.7 Å². The Bertz CT molecular complexity index is 474. The van der Waals surface area contributed by atoms with E-state index in [0.29, 0.717) is 18.8 Å². The number of sulfonamides is 1. The van der Waals surface area contributed by atoms with Crippen LogP contribution < -0.4 is 0 Å². The molecule has 3 nitrogen and oxygen atoms in total. The van der Waals surface area contributed by atoms with E-state index in [1.807, 2.05) is 31.2 Å². The van der Waals surface area contributed by atoms with Crippen molar-refractivity contribution in [3.63, 3.8) is 0 Å². The van der Waals surface area contributed by atoms with E-state index in [1.54, 1.807) is 7.05 Å². The summed E-state index contributed by atoms with van der Waals surface area (Å²) in [7, 11) is -1.55. The second kappa shape index (κ2) is 7.12. The Kier molecular flexibility index (Phi) is 6.12. The highest BCUT2D eigenvalue weighted by Crippen LogP contribution is 2.13. The number of halogens is 1. The number of hydrogen-bond donors (Lipinski definition) is 0. The van der Waals surface area contributed by atoms with Gasteiger partial charge in [0.25, 0.3) is 0 Å². The Morgan fingerprint density at radius 3 is 2.50 bits per heavy atom. The van der Waals surface area contributed by atoms with Gasteiger partial charge in [0.05, 0.1) is 5.75 Å². The number of hydrogen-bond acceptors (Lipinski definition) is 2. The zero-order valence-electron chi connectivity index (χ0n) is 10.9. The van der Waals surface area contributed by atoms with Crippen LogP contribution in [0.2, 0.25) is 0 Å². The summed E-state index contributed by atoms with van der Waals surface area (Å²) in [5, 5.41) is 0. The third-order valence-electron chi connectivity index (χ3n) is 2.92. The van der Waals surface area contributed by atoms with Gasteiger partial charge in [-0.3, -0.25) is 0 Å². The lowest BCUT2D eigenvalue weighted by Crippen LogP contribution is -2.29. The average molecular weight is 290 g/mol. The number of aryl methyl sites for hydroxylation is 1. The first-order valence-electron chi connectivity index (χ1n) is 6.02. The lowest BCUT2D eigenvalue weighted by Gasteiger charge is -2.18. The molecule has 102 valence electrons. The summed E-state index contributed by atoms with van der Waals surface area (Å²) in [5.74, 6) is 0.680. The molecule has 0 aliphatic carbocycles. The molecule has 0 amide bonds. The maximum absolute atomic E-state index is 12.0. The van der Waals surface area contributed by atoms with Gasteiger partial charge in [0.2, 0.25) is 10.0 Å². The fourth-order valence-corrected chi connectivity index (χ4v) is 3.07. The van der Waals surface area contributed by atoms with Gasteiger partial charge in [-0.15, -0.1) is 11.6 Å². The highest BCUT2D eigenvalue weighted by molar-refractivity contribution is 7.89. The van der Waals surface area contributed by atoms with E-state index < -0.39 is 10.0 Å². The summed E-state index contributed by atoms with van der Waals surface area (Å²) in [6, 6.07) is 7.83. The Hall–Kier alpha value is -0.580. The van der Waals surface area contributed by atoms with Gasteiger partial charge in [0.15, 0.2) is 0 Å². The smallest absolute Gasteiger partial charge is 0.212 e. The molecule has 0 spiro atoms. The lowest BCUT2D eigenvalue weighted by molar-refractivity contribution is 0.464. The van der Waals surface area contributed by atoms with Crippen LogP contribution in [-0.4, -0.2) is 31.4 Å². The fourth-order valence-electron chi connectivity index (χ4n) is 1.66. The van der Waals surface area contributed by atoms with Crippen LogP contribution in [-0.2, 0) is 16.6 Å². The molecule has 18 heavy (non-hydrogen) atoms. The summed E-state index contributed by atoms with van der Waals surface area (Å²) < 4.78 is 25.4. The molecule has 0 saturated carbocycles. The van der Waals surface area contributed by atoms with Gasteiger partial charge in [0, 0.05) is 19.5 Å². The zero-order valence-corrected chi connectivity index (χ0v) is 12.5. The quantitative estimate of drug-likeness (QED) is 0.572. The van der Waals surface area contributed by atoms with E-state index in [4.69, 9.17) is 11.6 Å². The van der Waals surface area contributed by atoms with Gasteiger partial charge in [-0.25, -0.2) is 12.7 Å². The average Bonchev–Trinajstić information content (AvgIpc) is 2.32. The standard InChI is InChI=1S/C13H20ClNO2S/c1-12-7-3-4-8-13(12)11-15(2)18(16,17)10-6-5-9-14/h3-4,7-8H,5-6,9-11H2,1-2H3. The van der Waals surface area contributed by atoms with Crippen LogP contribution in [0.4, 0.5) is 0 Å². The lowest BCUT2D eigenvalue weighted by atomic mass is 10.1. The molecule has 0 heterocycles. The summed E-state index contributed by atoms with van der Waals surface area (Å²) in [6.07, 6.45) is 1.35. The number of nitrogens with zero attached hydrogens (tertiary/aromatic N) is 1. The monoisotopic (exact) mass is 289 g/mol. The number of alkyl halides is 1. The van der Waals surface area contributed by atoms with Crippen molar-refractivity contribution in [1.82, 2.24) is 4.31 Å². The van der Waals surface area contributed by atoms with E-state index in [-0.39, 0.29) is 5.75 Å². The predicted octanol–water partition coefficient (Wildman–Crippen LogP) is 2.78. The minimum absolute atomic E-state index is 0.169. The summed E-state index contributed by atoms with van der Waals surface area (Å²) >= 11 is 5.55. The Morgan fingerprint density at radius 2 is 1.89 bits per heavy atom. The number of benzene rings is 1. The molecule has 0 saturated heterocycles. The molecule has 5 heteroatoms. The van der Waals surface area contributed by atoms with Crippen molar-refractivity contribution in [1.29, 1.82) is 0 Å². The normalized spacial score (nSPS) is 12.0. The molecule has 1 rings (SSSR count). The van der Waals surface area contributed by atoms with Gasteiger partial charge in [-0.2, -0.15) is 0 Å². The van der Waals surface area contributed by atoms with Crippen molar-refractivity contribution in [3.05, 3.63) is 35.4 Å².